The lowest BCUT2D eigenvalue weighted by Gasteiger charge is -2.29. The third-order valence-electron chi connectivity index (χ3n) is 4.40. The van der Waals surface area contributed by atoms with Gasteiger partial charge in [0, 0.05) is 24.6 Å². The van der Waals surface area contributed by atoms with Crippen molar-refractivity contribution < 1.29 is 0 Å². The maximum absolute atomic E-state index is 7.74. The summed E-state index contributed by atoms with van der Waals surface area (Å²) in [6.45, 7) is 3.17. The summed E-state index contributed by atoms with van der Waals surface area (Å²) in [6, 6.07) is 0. The fourth-order valence-corrected chi connectivity index (χ4v) is 3.42. The van der Waals surface area contributed by atoms with E-state index in [1.807, 2.05) is 0 Å². The number of likely N-dealkylation sites (N-methyl/N-ethyl adjacent to an activating group) is 1. The Morgan fingerprint density at radius 3 is 3.00 bits per heavy atom. The molecular weight excluding hydrogens is 252 g/mol. The van der Waals surface area contributed by atoms with Gasteiger partial charge in [0.15, 0.2) is 0 Å². The first-order valence-corrected chi connectivity index (χ1v) is 7.55. The van der Waals surface area contributed by atoms with E-state index in [1.165, 1.54) is 31.4 Å². The molecule has 1 saturated heterocycles. The smallest absolute Gasteiger partial charge is 0.215 e. The van der Waals surface area contributed by atoms with Crippen molar-refractivity contribution in [2.75, 3.05) is 32.0 Å². The Labute approximate surface area is 119 Å². The van der Waals surface area contributed by atoms with E-state index in [2.05, 4.69) is 22.4 Å². The van der Waals surface area contributed by atoms with Crippen molar-refractivity contribution in [2.24, 2.45) is 5.73 Å². The SMILES string of the molecule is CN1CCCC(c2nn(C(=N)N)c3c2CCCCN3)C1. The Bertz CT molecular complexity index is 506. The number of hydrogen-bond donors (Lipinski definition) is 3. The lowest BCUT2D eigenvalue weighted by molar-refractivity contribution is 0.247. The van der Waals surface area contributed by atoms with Crippen LogP contribution < -0.4 is 11.1 Å². The van der Waals surface area contributed by atoms with Crippen LogP contribution in [-0.4, -0.2) is 47.3 Å². The minimum absolute atomic E-state index is 0.00561. The third-order valence-corrected chi connectivity index (χ3v) is 4.40. The minimum atomic E-state index is 0.00561. The van der Waals surface area contributed by atoms with Crippen LogP contribution in [0, 0.1) is 5.41 Å². The first-order chi connectivity index (χ1) is 9.66. The van der Waals surface area contributed by atoms with Crippen molar-refractivity contribution >= 4 is 11.8 Å². The molecule has 0 amide bonds. The zero-order chi connectivity index (χ0) is 14.1. The van der Waals surface area contributed by atoms with Gasteiger partial charge < -0.3 is 16.0 Å². The van der Waals surface area contributed by atoms with Crippen molar-refractivity contribution in [3.8, 4) is 0 Å². The number of nitrogens with two attached hydrogens (primary N) is 1. The number of piperidine rings is 1. The summed E-state index contributed by atoms with van der Waals surface area (Å²) in [5.74, 6) is 1.44. The summed E-state index contributed by atoms with van der Waals surface area (Å²) in [5.41, 5.74) is 8.15. The summed E-state index contributed by atoms with van der Waals surface area (Å²) in [6.07, 6.45) is 5.79. The van der Waals surface area contributed by atoms with E-state index in [4.69, 9.17) is 11.1 Å². The van der Waals surface area contributed by atoms with Crippen molar-refractivity contribution in [2.45, 2.75) is 38.0 Å². The normalized spacial score (nSPS) is 23.8. The topological polar surface area (TPSA) is 83.0 Å². The summed E-state index contributed by atoms with van der Waals surface area (Å²) in [5, 5.41) is 15.8. The van der Waals surface area contributed by atoms with Crippen LogP contribution in [0.4, 0.5) is 5.82 Å². The average molecular weight is 276 g/mol. The Hall–Kier alpha value is -1.56. The molecular formula is C14H24N6. The Kier molecular flexibility index (Phi) is 3.65. The molecule has 0 aromatic carbocycles. The number of nitrogens with zero attached hydrogens (tertiary/aromatic N) is 3. The highest BCUT2D eigenvalue weighted by molar-refractivity contribution is 5.81. The molecule has 6 heteroatoms. The molecule has 0 spiro atoms. The molecule has 3 rings (SSSR count). The molecule has 1 aromatic rings. The van der Waals surface area contributed by atoms with E-state index in [0.717, 1.165) is 37.4 Å². The lowest BCUT2D eigenvalue weighted by atomic mass is 9.91. The van der Waals surface area contributed by atoms with Gasteiger partial charge in [0.25, 0.3) is 0 Å². The molecule has 4 N–H and O–H groups in total. The number of fused-ring (bicyclic) bond motifs is 1. The van der Waals surface area contributed by atoms with Crippen molar-refractivity contribution in [3.05, 3.63) is 11.3 Å². The van der Waals surface area contributed by atoms with E-state index in [0.29, 0.717) is 5.92 Å². The largest absolute Gasteiger partial charge is 0.370 e. The highest BCUT2D eigenvalue weighted by atomic mass is 15.4. The van der Waals surface area contributed by atoms with Gasteiger partial charge in [-0.25, -0.2) is 0 Å². The van der Waals surface area contributed by atoms with Crippen LogP contribution in [0.25, 0.3) is 0 Å². The second-order valence-electron chi connectivity index (χ2n) is 5.99. The van der Waals surface area contributed by atoms with Gasteiger partial charge in [-0.1, -0.05) is 0 Å². The number of anilines is 1. The van der Waals surface area contributed by atoms with E-state index in [9.17, 15) is 0 Å². The maximum atomic E-state index is 7.74. The Balaban J connectivity index is 1.99. The molecule has 0 saturated carbocycles. The predicted molar refractivity (Wildman–Crippen MR) is 80.4 cm³/mol. The van der Waals surface area contributed by atoms with Gasteiger partial charge >= 0.3 is 0 Å². The summed E-state index contributed by atoms with van der Waals surface area (Å²) >= 11 is 0. The van der Waals surface area contributed by atoms with E-state index in [-0.39, 0.29) is 5.96 Å². The molecule has 1 fully saturated rings. The van der Waals surface area contributed by atoms with Crippen LogP contribution in [0.5, 0.6) is 0 Å². The first-order valence-electron chi connectivity index (χ1n) is 7.55. The van der Waals surface area contributed by atoms with Crippen molar-refractivity contribution in [1.82, 2.24) is 14.7 Å². The number of aromatic nitrogens is 2. The maximum Gasteiger partial charge on any atom is 0.215 e. The van der Waals surface area contributed by atoms with E-state index >= 15 is 0 Å². The van der Waals surface area contributed by atoms with Gasteiger partial charge in [-0.2, -0.15) is 9.78 Å². The summed E-state index contributed by atoms with van der Waals surface area (Å²) < 4.78 is 1.59. The van der Waals surface area contributed by atoms with Gasteiger partial charge in [-0.15, -0.1) is 0 Å². The molecule has 2 aliphatic rings. The highest BCUT2D eigenvalue weighted by Crippen LogP contribution is 2.33. The average Bonchev–Trinajstić information content (AvgIpc) is 2.61. The number of nitrogens with one attached hydrogen (secondary N) is 2. The molecule has 1 aromatic heterocycles. The second kappa shape index (κ2) is 5.44. The fraction of sp³-hybridized carbons (Fsp3) is 0.714. The lowest BCUT2D eigenvalue weighted by Crippen LogP contribution is -2.31. The molecule has 6 nitrogen and oxygen atoms in total. The third kappa shape index (κ3) is 2.40. The molecule has 1 atom stereocenters. The molecule has 0 aliphatic carbocycles. The number of likely N-dealkylation sites (tertiary alicyclic amines) is 1. The monoisotopic (exact) mass is 276 g/mol. The van der Waals surface area contributed by atoms with E-state index < -0.39 is 0 Å². The number of rotatable bonds is 1. The van der Waals surface area contributed by atoms with Crippen LogP contribution in [0.1, 0.15) is 42.9 Å². The van der Waals surface area contributed by atoms with Gasteiger partial charge in [-0.05, 0) is 45.7 Å². The molecule has 1 unspecified atom stereocenters. The Morgan fingerprint density at radius 1 is 1.40 bits per heavy atom. The van der Waals surface area contributed by atoms with Gasteiger partial charge in [0.2, 0.25) is 5.96 Å². The zero-order valence-corrected chi connectivity index (χ0v) is 12.2. The molecule has 0 radical (unpaired) electrons. The quantitative estimate of drug-likeness (QED) is 0.531. The van der Waals surface area contributed by atoms with Crippen LogP contribution in [-0.2, 0) is 6.42 Å². The number of nitrogen functional groups attached to an aromatic ring is 1. The van der Waals surface area contributed by atoms with Crippen LogP contribution in [0.3, 0.4) is 0 Å². The molecule has 110 valence electrons. The van der Waals surface area contributed by atoms with Gasteiger partial charge in [0.1, 0.15) is 5.82 Å². The van der Waals surface area contributed by atoms with Crippen LogP contribution in [0.15, 0.2) is 0 Å². The molecule has 0 bridgehead atoms. The fourth-order valence-electron chi connectivity index (χ4n) is 3.42. The summed E-state index contributed by atoms with van der Waals surface area (Å²) in [7, 11) is 2.17. The first kappa shape index (κ1) is 13.4. The minimum Gasteiger partial charge on any atom is -0.370 e. The highest BCUT2D eigenvalue weighted by Gasteiger charge is 2.28. The van der Waals surface area contributed by atoms with E-state index in [1.54, 1.807) is 4.68 Å². The number of hydrogen-bond acceptors (Lipinski definition) is 4. The predicted octanol–water partition coefficient (Wildman–Crippen LogP) is 1.18. The van der Waals surface area contributed by atoms with Crippen LogP contribution >= 0.6 is 0 Å². The van der Waals surface area contributed by atoms with Gasteiger partial charge in [0.05, 0.1) is 5.69 Å². The second-order valence-corrected chi connectivity index (χ2v) is 5.99. The van der Waals surface area contributed by atoms with Crippen molar-refractivity contribution in [3.63, 3.8) is 0 Å². The van der Waals surface area contributed by atoms with Crippen molar-refractivity contribution in [1.29, 1.82) is 5.41 Å². The standard InChI is InChI=1S/C14H24N6/c1-19-8-4-5-10(9-19)12-11-6-2-3-7-17-13(11)20(18-12)14(15)16/h10,17H,2-9H2,1H3,(H3,15,16). The molecule has 20 heavy (non-hydrogen) atoms. The molecule has 2 aliphatic heterocycles. The van der Waals surface area contributed by atoms with Crippen LogP contribution in [0.2, 0.25) is 0 Å². The summed E-state index contributed by atoms with van der Waals surface area (Å²) in [4.78, 5) is 2.37. The van der Waals surface area contributed by atoms with Gasteiger partial charge in [-0.3, -0.25) is 5.41 Å². The Morgan fingerprint density at radius 2 is 2.25 bits per heavy atom. The zero-order valence-electron chi connectivity index (χ0n) is 12.2. The molecule has 3 heterocycles.